The number of hydrogen-bond donors (Lipinski definition) is 0. The number of anilines is 1. The van der Waals surface area contributed by atoms with Gasteiger partial charge in [-0.05, 0) is 40.4 Å². The fourth-order valence-corrected chi connectivity index (χ4v) is 3.27. The summed E-state index contributed by atoms with van der Waals surface area (Å²) in [6, 6.07) is 4.09. The van der Waals surface area contributed by atoms with E-state index in [0.717, 1.165) is 39.8 Å². The van der Waals surface area contributed by atoms with Crippen molar-refractivity contribution < 1.29 is 0 Å². The number of rotatable bonds is 2. The van der Waals surface area contributed by atoms with E-state index >= 15 is 0 Å². The van der Waals surface area contributed by atoms with E-state index in [9.17, 15) is 0 Å². The van der Waals surface area contributed by atoms with Crippen molar-refractivity contribution in [3.05, 3.63) is 29.0 Å². The molecule has 0 spiro atoms. The Morgan fingerprint density at radius 1 is 1.39 bits per heavy atom. The minimum atomic E-state index is 0.740. The van der Waals surface area contributed by atoms with Gasteiger partial charge in [-0.25, -0.2) is 0 Å². The Kier molecular flexibility index (Phi) is 3.52. The fourth-order valence-electron chi connectivity index (χ4n) is 2.42. The van der Waals surface area contributed by atoms with Gasteiger partial charge in [-0.3, -0.25) is 9.97 Å². The van der Waals surface area contributed by atoms with Crippen LogP contribution in [-0.2, 0) is 0 Å². The van der Waals surface area contributed by atoms with Crippen LogP contribution in [0.25, 0.3) is 11.0 Å². The van der Waals surface area contributed by atoms with Crippen LogP contribution in [0.5, 0.6) is 0 Å². The molecule has 3 nitrogen and oxygen atoms in total. The fraction of sp³-hybridized carbons (Fsp3) is 0.385. The molecule has 5 heteroatoms. The molecule has 18 heavy (non-hydrogen) atoms. The summed E-state index contributed by atoms with van der Waals surface area (Å²) in [6.45, 7) is 2.20. The van der Waals surface area contributed by atoms with Crippen molar-refractivity contribution >= 4 is 48.6 Å². The van der Waals surface area contributed by atoms with E-state index in [1.54, 1.807) is 0 Å². The topological polar surface area (TPSA) is 29.0 Å². The van der Waals surface area contributed by atoms with Gasteiger partial charge in [0.25, 0.3) is 0 Å². The van der Waals surface area contributed by atoms with Crippen LogP contribution in [0.15, 0.2) is 29.0 Å². The molecule has 1 saturated heterocycles. The monoisotopic (exact) mass is 369 g/mol. The Bertz CT molecular complexity index is 573. The Hall–Kier alpha value is -0.680. The van der Waals surface area contributed by atoms with Crippen molar-refractivity contribution in [3.63, 3.8) is 0 Å². The molecule has 3 rings (SSSR count). The standard InChI is InChI=1S/C13H13Br2N3/c14-6-9-2-4-18(8-9)12-1-3-16-11-5-10(15)7-17-13(11)12/h1,3,5,7,9H,2,4,6,8H2. The first-order valence-electron chi connectivity index (χ1n) is 5.99. The van der Waals surface area contributed by atoms with Crippen LogP contribution in [0.1, 0.15) is 6.42 Å². The molecule has 2 aromatic rings. The summed E-state index contributed by atoms with van der Waals surface area (Å²) in [4.78, 5) is 11.3. The molecule has 94 valence electrons. The van der Waals surface area contributed by atoms with E-state index in [-0.39, 0.29) is 0 Å². The highest BCUT2D eigenvalue weighted by Crippen LogP contribution is 2.30. The van der Waals surface area contributed by atoms with Gasteiger partial charge in [-0.1, -0.05) is 15.9 Å². The van der Waals surface area contributed by atoms with Gasteiger partial charge >= 0.3 is 0 Å². The van der Waals surface area contributed by atoms with E-state index < -0.39 is 0 Å². The number of aromatic nitrogens is 2. The number of pyridine rings is 2. The van der Waals surface area contributed by atoms with Gasteiger partial charge in [0.1, 0.15) is 5.52 Å². The molecule has 1 atom stereocenters. The van der Waals surface area contributed by atoms with Crippen LogP contribution in [0.3, 0.4) is 0 Å². The van der Waals surface area contributed by atoms with Crippen molar-refractivity contribution in [2.75, 3.05) is 23.3 Å². The largest absolute Gasteiger partial charge is 0.369 e. The highest BCUT2D eigenvalue weighted by atomic mass is 79.9. The zero-order valence-electron chi connectivity index (χ0n) is 9.81. The van der Waals surface area contributed by atoms with E-state index in [1.807, 2.05) is 18.5 Å². The zero-order valence-corrected chi connectivity index (χ0v) is 13.0. The molecule has 0 N–H and O–H groups in total. The van der Waals surface area contributed by atoms with Crippen LogP contribution in [-0.4, -0.2) is 28.4 Å². The van der Waals surface area contributed by atoms with Crippen molar-refractivity contribution in [2.24, 2.45) is 5.92 Å². The molecule has 0 radical (unpaired) electrons. The third kappa shape index (κ3) is 2.26. The highest BCUT2D eigenvalue weighted by Gasteiger charge is 2.23. The quantitative estimate of drug-likeness (QED) is 0.756. The molecule has 0 saturated carbocycles. The first kappa shape index (κ1) is 12.4. The van der Waals surface area contributed by atoms with Crippen LogP contribution in [0.4, 0.5) is 5.69 Å². The first-order valence-corrected chi connectivity index (χ1v) is 7.90. The Morgan fingerprint density at radius 2 is 2.28 bits per heavy atom. The Balaban J connectivity index is 2.02. The molecule has 0 aromatic carbocycles. The molecule has 0 aliphatic carbocycles. The van der Waals surface area contributed by atoms with E-state index in [2.05, 4.69) is 52.8 Å². The third-order valence-corrected chi connectivity index (χ3v) is 4.72. The molecular formula is C13H13Br2N3. The molecule has 0 amide bonds. The Morgan fingerprint density at radius 3 is 3.06 bits per heavy atom. The third-order valence-electron chi connectivity index (χ3n) is 3.37. The summed E-state index contributed by atoms with van der Waals surface area (Å²) in [5.74, 6) is 0.740. The average Bonchev–Trinajstić information content (AvgIpc) is 2.86. The number of alkyl halides is 1. The lowest BCUT2D eigenvalue weighted by Gasteiger charge is -2.19. The summed E-state index contributed by atoms with van der Waals surface area (Å²) < 4.78 is 0.972. The molecule has 2 aromatic heterocycles. The highest BCUT2D eigenvalue weighted by molar-refractivity contribution is 9.10. The number of fused-ring (bicyclic) bond motifs is 1. The van der Waals surface area contributed by atoms with Crippen molar-refractivity contribution in [1.29, 1.82) is 0 Å². The van der Waals surface area contributed by atoms with E-state index in [0.29, 0.717) is 0 Å². The summed E-state index contributed by atoms with van der Waals surface area (Å²) >= 11 is 7.01. The lowest BCUT2D eigenvalue weighted by Crippen LogP contribution is -2.20. The minimum Gasteiger partial charge on any atom is -0.369 e. The van der Waals surface area contributed by atoms with Crippen LogP contribution in [0, 0.1) is 5.92 Å². The van der Waals surface area contributed by atoms with Gasteiger partial charge < -0.3 is 4.90 Å². The average molecular weight is 371 g/mol. The first-order chi connectivity index (χ1) is 8.78. The molecule has 3 heterocycles. The van der Waals surface area contributed by atoms with Crippen LogP contribution >= 0.6 is 31.9 Å². The molecular weight excluding hydrogens is 358 g/mol. The molecule has 0 bridgehead atoms. The number of hydrogen-bond acceptors (Lipinski definition) is 3. The second kappa shape index (κ2) is 5.13. The van der Waals surface area contributed by atoms with Gasteiger partial charge in [0, 0.05) is 35.3 Å². The number of halogens is 2. The number of nitrogens with zero attached hydrogens (tertiary/aromatic N) is 3. The minimum absolute atomic E-state index is 0.740. The molecule has 1 unspecified atom stereocenters. The van der Waals surface area contributed by atoms with Gasteiger partial charge in [0.2, 0.25) is 0 Å². The second-order valence-electron chi connectivity index (χ2n) is 4.61. The second-order valence-corrected chi connectivity index (χ2v) is 6.17. The van der Waals surface area contributed by atoms with Crippen molar-refractivity contribution in [2.45, 2.75) is 6.42 Å². The van der Waals surface area contributed by atoms with Crippen LogP contribution < -0.4 is 4.90 Å². The van der Waals surface area contributed by atoms with Gasteiger partial charge in [0.15, 0.2) is 0 Å². The summed E-state index contributed by atoms with van der Waals surface area (Å²) in [5.41, 5.74) is 3.15. The smallest absolute Gasteiger partial charge is 0.112 e. The summed E-state index contributed by atoms with van der Waals surface area (Å²) in [5, 5.41) is 1.07. The molecule has 1 fully saturated rings. The lowest BCUT2D eigenvalue weighted by atomic mass is 10.2. The van der Waals surface area contributed by atoms with Crippen molar-refractivity contribution in [1.82, 2.24) is 9.97 Å². The SMILES string of the molecule is BrCC1CCN(c2ccnc3cc(Br)cnc23)C1. The maximum atomic E-state index is 4.51. The maximum absolute atomic E-state index is 4.51. The maximum Gasteiger partial charge on any atom is 0.112 e. The normalized spacial score (nSPS) is 19.7. The summed E-state index contributed by atoms with van der Waals surface area (Å²) in [7, 11) is 0. The predicted octanol–water partition coefficient (Wildman–Crippen LogP) is 3.61. The zero-order chi connectivity index (χ0) is 12.5. The van der Waals surface area contributed by atoms with Gasteiger partial charge in [-0.15, -0.1) is 0 Å². The van der Waals surface area contributed by atoms with Gasteiger partial charge in [0.05, 0.1) is 11.2 Å². The lowest BCUT2D eigenvalue weighted by molar-refractivity contribution is 0.676. The van der Waals surface area contributed by atoms with E-state index in [4.69, 9.17) is 0 Å². The Labute approximate surface area is 123 Å². The van der Waals surface area contributed by atoms with Gasteiger partial charge in [-0.2, -0.15) is 0 Å². The molecule has 1 aliphatic rings. The molecule has 1 aliphatic heterocycles. The predicted molar refractivity (Wildman–Crippen MR) is 81.4 cm³/mol. The summed E-state index contributed by atoms with van der Waals surface area (Å²) in [6.07, 6.45) is 4.95. The van der Waals surface area contributed by atoms with E-state index in [1.165, 1.54) is 12.1 Å². The van der Waals surface area contributed by atoms with Crippen molar-refractivity contribution in [3.8, 4) is 0 Å². The van der Waals surface area contributed by atoms with Crippen LogP contribution in [0.2, 0.25) is 0 Å².